The largest absolute Gasteiger partial charge is 0.493 e. The Morgan fingerprint density at radius 3 is 2.05 bits per heavy atom. The summed E-state index contributed by atoms with van der Waals surface area (Å²) in [5, 5.41) is 3.84. The number of rotatable bonds is 15. The molecule has 232 valence electrons. The fourth-order valence-electron chi connectivity index (χ4n) is 4.45. The molecule has 9 nitrogen and oxygen atoms in total. The quantitative estimate of drug-likeness (QED) is 0.205. The number of unbranched alkanes of at least 4 members (excludes halogenated alkanes) is 1. The molecule has 0 radical (unpaired) electrons. The first-order valence-corrected chi connectivity index (χ1v) is 16.1. The van der Waals surface area contributed by atoms with Crippen molar-refractivity contribution in [1.29, 1.82) is 0 Å². The summed E-state index contributed by atoms with van der Waals surface area (Å²) in [6.07, 6.45) is 2.01. The highest BCUT2D eigenvalue weighted by Crippen LogP contribution is 2.33. The maximum atomic E-state index is 14.1. The van der Waals surface area contributed by atoms with Gasteiger partial charge in [0.15, 0.2) is 11.5 Å². The molecule has 3 aromatic carbocycles. The van der Waals surface area contributed by atoms with Crippen LogP contribution >= 0.6 is 23.2 Å². The molecule has 0 saturated carbocycles. The monoisotopic (exact) mass is 649 g/mol. The first-order chi connectivity index (χ1) is 20.5. The lowest BCUT2D eigenvalue weighted by Crippen LogP contribution is -2.52. The lowest BCUT2D eigenvalue weighted by atomic mass is 10.1. The Morgan fingerprint density at radius 1 is 0.884 bits per heavy atom. The molecule has 0 fully saturated rings. The Hall–Kier alpha value is -3.47. The maximum absolute atomic E-state index is 14.1. The van der Waals surface area contributed by atoms with Crippen molar-refractivity contribution in [3.63, 3.8) is 0 Å². The van der Waals surface area contributed by atoms with Gasteiger partial charge in [-0.25, -0.2) is 8.42 Å². The number of anilines is 1. The second-order valence-corrected chi connectivity index (χ2v) is 12.5. The van der Waals surface area contributed by atoms with Gasteiger partial charge in [-0.15, -0.1) is 0 Å². The normalized spacial score (nSPS) is 11.9. The zero-order valence-corrected chi connectivity index (χ0v) is 27.0. The Labute approximate surface area is 263 Å². The minimum Gasteiger partial charge on any atom is -0.493 e. The number of hydrogen-bond donors (Lipinski definition) is 1. The molecule has 0 aliphatic carbocycles. The third kappa shape index (κ3) is 8.78. The third-order valence-electron chi connectivity index (χ3n) is 6.82. The average Bonchev–Trinajstić information content (AvgIpc) is 3.00. The van der Waals surface area contributed by atoms with Gasteiger partial charge in [0.2, 0.25) is 11.8 Å². The van der Waals surface area contributed by atoms with Crippen LogP contribution < -0.4 is 19.1 Å². The number of halogens is 2. The van der Waals surface area contributed by atoms with E-state index < -0.39 is 28.5 Å². The number of carbonyl (C=O) groups is 2. The third-order valence-corrected chi connectivity index (χ3v) is 9.09. The highest BCUT2D eigenvalue weighted by Gasteiger charge is 2.34. The molecular weight excluding hydrogens is 613 g/mol. The predicted octanol–water partition coefficient (Wildman–Crippen LogP) is 5.93. The van der Waals surface area contributed by atoms with Crippen molar-refractivity contribution in [2.75, 3.05) is 31.6 Å². The molecule has 3 aromatic rings. The summed E-state index contributed by atoms with van der Waals surface area (Å²) < 4.78 is 39.8. The molecule has 0 saturated heterocycles. The van der Waals surface area contributed by atoms with Crippen molar-refractivity contribution in [1.82, 2.24) is 10.2 Å². The molecule has 43 heavy (non-hydrogen) atoms. The van der Waals surface area contributed by atoms with Crippen LogP contribution in [-0.2, 0) is 26.2 Å². The van der Waals surface area contributed by atoms with Gasteiger partial charge in [0.1, 0.15) is 12.6 Å². The lowest BCUT2D eigenvalue weighted by Gasteiger charge is -2.33. The first kappa shape index (κ1) is 34.0. The molecular formula is C31H37Cl2N3O6S. The molecule has 0 aliphatic heterocycles. The van der Waals surface area contributed by atoms with E-state index in [1.165, 1.54) is 49.5 Å². The number of hydrogen-bond acceptors (Lipinski definition) is 6. The van der Waals surface area contributed by atoms with E-state index in [2.05, 4.69) is 5.32 Å². The van der Waals surface area contributed by atoms with Crippen LogP contribution in [0.25, 0.3) is 0 Å². The minimum absolute atomic E-state index is 0.0700. The van der Waals surface area contributed by atoms with E-state index in [9.17, 15) is 18.0 Å². The second kappa shape index (κ2) is 15.8. The molecule has 0 spiro atoms. The van der Waals surface area contributed by atoms with Crippen molar-refractivity contribution in [2.24, 2.45) is 0 Å². The van der Waals surface area contributed by atoms with Gasteiger partial charge in [0.05, 0.1) is 24.8 Å². The zero-order chi connectivity index (χ0) is 31.6. The Bertz CT molecular complexity index is 1480. The number of amides is 2. The van der Waals surface area contributed by atoms with Crippen LogP contribution in [0.4, 0.5) is 5.69 Å². The van der Waals surface area contributed by atoms with Crippen molar-refractivity contribution < 1.29 is 27.5 Å². The first-order valence-electron chi connectivity index (χ1n) is 13.9. The van der Waals surface area contributed by atoms with Crippen molar-refractivity contribution >= 4 is 50.7 Å². The summed E-state index contributed by atoms with van der Waals surface area (Å²) in [5.41, 5.74) is 0.956. The number of nitrogens with one attached hydrogen (secondary N) is 1. The Balaban J connectivity index is 2.06. The SMILES string of the molecule is CCCCNC(=O)[C@@H](CC)N(Cc1ccc(Cl)cc1)C(=O)CN(c1ccc(Cl)cc1)S(=O)(=O)c1ccc(OC)c(OC)c1. The van der Waals surface area contributed by atoms with Gasteiger partial charge in [-0.05, 0) is 66.9 Å². The number of benzene rings is 3. The number of methoxy groups -OCH3 is 2. The summed E-state index contributed by atoms with van der Waals surface area (Å²) >= 11 is 12.2. The highest BCUT2D eigenvalue weighted by atomic mass is 35.5. The van der Waals surface area contributed by atoms with E-state index in [0.29, 0.717) is 28.8 Å². The van der Waals surface area contributed by atoms with Crippen LogP contribution in [0.5, 0.6) is 11.5 Å². The van der Waals surface area contributed by atoms with Gasteiger partial charge in [0, 0.05) is 29.2 Å². The van der Waals surface area contributed by atoms with E-state index in [1.54, 1.807) is 36.4 Å². The fourth-order valence-corrected chi connectivity index (χ4v) is 6.13. The standard InChI is InChI=1S/C31H37Cl2N3O6S/c1-5-7-18-34-31(38)27(6-2)35(20-22-8-10-23(32)11-9-22)30(37)21-36(25-14-12-24(33)13-15-25)43(39,40)26-16-17-28(41-3)29(19-26)42-4/h8-17,19,27H,5-7,18,20-21H2,1-4H3,(H,34,38)/t27-/m1/s1. The van der Waals surface area contributed by atoms with Crippen LogP contribution in [-0.4, -0.2) is 58.5 Å². The van der Waals surface area contributed by atoms with E-state index in [-0.39, 0.29) is 28.8 Å². The van der Waals surface area contributed by atoms with E-state index in [4.69, 9.17) is 32.7 Å². The summed E-state index contributed by atoms with van der Waals surface area (Å²) in [7, 11) is -1.46. The summed E-state index contributed by atoms with van der Waals surface area (Å²) in [6, 6.07) is 16.4. The van der Waals surface area contributed by atoms with E-state index in [0.717, 1.165) is 22.7 Å². The molecule has 2 amide bonds. The zero-order valence-electron chi connectivity index (χ0n) is 24.7. The Morgan fingerprint density at radius 2 is 1.49 bits per heavy atom. The lowest BCUT2D eigenvalue weighted by molar-refractivity contribution is -0.140. The highest BCUT2D eigenvalue weighted by molar-refractivity contribution is 7.92. The maximum Gasteiger partial charge on any atom is 0.264 e. The Kier molecular flexibility index (Phi) is 12.5. The molecule has 0 aliphatic rings. The topological polar surface area (TPSA) is 105 Å². The molecule has 1 N–H and O–H groups in total. The number of nitrogens with zero attached hydrogens (tertiary/aromatic N) is 2. The van der Waals surface area contributed by atoms with Gasteiger partial charge in [-0.3, -0.25) is 13.9 Å². The molecule has 0 heterocycles. The van der Waals surface area contributed by atoms with E-state index in [1.807, 2.05) is 13.8 Å². The molecule has 3 rings (SSSR count). The molecule has 0 bridgehead atoms. The van der Waals surface area contributed by atoms with Crippen molar-refractivity contribution in [3.8, 4) is 11.5 Å². The number of sulfonamides is 1. The summed E-state index contributed by atoms with van der Waals surface area (Å²) in [4.78, 5) is 28.7. The molecule has 0 unspecified atom stereocenters. The van der Waals surface area contributed by atoms with Crippen LogP contribution in [0, 0.1) is 0 Å². The van der Waals surface area contributed by atoms with Crippen molar-refractivity contribution in [2.45, 2.75) is 50.6 Å². The average molecular weight is 651 g/mol. The van der Waals surface area contributed by atoms with Crippen LogP contribution in [0.15, 0.2) is 71.6 Å². The number of carbonyl (C=O) groups excluding carboxylic acids is 2. The van der Waals surface area contributed by atoms with Crippen LogP contribution in [0.3, 0.4) is 0 Å². The molecule has 0 aromatic heterocycles. The number of ether oxygens (including phenoxy) is 2. The smallest absolute Gasteiger partial charge is 0.264 e. The summed E-state index contributed by atoms with van der Waals surface area (Å²) in [5.74, 6) is -0.305. The van der Waals surface area contributed by atoms with Gasteiger partial charge in [0.25, 0.3) is 10.0 Å². The van der Waals surface area contributed by atoms with Gasteiger partial charge in [-0.1, -0.05) is 55.6 Å². The summed E-state index contributed by atoms with van der Waals surface area (Å²) in [6.45, 7) is 3.79. The molecule has 1 atom stereocenters. The molecule has 12 heteroatoms. The van der Waals surface area contributed by atoms with Gasteiger partial charge in [-0.2, -0.15) is 0 Å². The fraction of sp³-hybridized carbons (Fsp3) is 0.355. The second-order valence-electron chi connectivity index (χ2n) is 9.72. The minimum atomic E-state index is -4.31. The van der Waals surface area contributed by atoms with Crippen LogP contribution in [0.2, 0.25) is 10.0 Å². The van der Waals surface area contributed by atoms with Crippen LogP contribution in [0.1, 0.15) is 38.7 Å². The predicted molar refractivity (Wildman–Crippen MR) is 170 cm³/mol. The van der Waals surface area contributed by atoms with E-state index >= 15 is 0 Å². The van der Waals surface area contributed by atoms with Gasteiger partial charge >= 0.3 is 0 Å². The van der Waals surface area contributed by atoms with Crippen molar-refractivity contribution in [3.05, 3.63) is 82.3 Å². The van der Waals surface area contributed by atoms with Gasteiger partial charge < -0.3 is 19.7 Å².